The molecule has 0 atom stereocenters. The summed E-state index contributed by atoms with van der Waals surface area (Å²) in [5, 5.41) is 10.3. The number of fused-ring (bicyclic) bond motifs is 1. The maximum Gasteiger partial charge on any atom is 0.229 e. The minimum absolute atomic E-state index is 0.0363. The summed E-state index contributed by atoms with van der Waals surface area (Å²) in [6.07, 6.45) is 2.93. The van der Waals surface area contributed by atoms with Crippen LogP contribution in [0.5, 0.6) is 17.2 Å². The number of halogens is 1. The molecule has 0 radical (unpaired) electrons. The van der Waals surface area contributed by atoms with Gasteiger partial charge in [-0.25, -0.2) is 9.37 Å². The van der Waals surface area contributed by atoms with E-state index in [-0.39, 0.29) is 11.8 Å². The van der Waals surface area contributed by atoms with Gasteiger partial charge in [-0.2, -0.15) is 4.98 Å². The number of rotatable bonds is 10. The fraction of sp³-hybridized carbons (Fsp3) is 0.217. The summed E-state index contributed by atoms with van der Waals surface area (Å²) < 4.78 is 30.8. The van der Waals surface area contributed by atoms with Crippen LogP contribution in [0.4, 0.5) is 33.2 Å². The highest BCUT2D eigenvalue weighted by molar-refractivity contribution is 5.96. The van der Waals surface area contributed by atoms with Crippen molar-refractivity contribution in [1.29, 1.82) is 0 Å². The van der Waals surface area contributed by atoms with Gasteiger partial charge in [-0.05, 0) is 30.3 Å². The molecule has 2 heterocycles. The van der Waals surface area contributed by atoms with Gasteiger partial charge >= 0.3 is 0 Å². The van der Waals surface area contributed by atoms with Crippen molar-refractivity contribution in [3.63, 3.8) is 0 Å². The molecule has 0 spiro atoms. The summed E-state index contributed by atoms with van der Waals surface area (Å²) in [7, 11) is 4.50. The molecule has 11 heteroatoms. The van der Waals surface area contributed by atoms with Crippen LogP contribution in [0, 0.1) is 5.82 Å². The number of ether oxygens (including phenoxy) is 3. The third-order valence-corrected chi connectivity index (χ3v) is 5.09. The first-order valence-electron chi connectivity index (χ1n) is 10.5. The molecule has 4 aromatic rings. The molecule has 0 aliphatic heterocycles. The maximum absolute atomic E-state index is 14.6. The van der Waals surface area contributed by atoms with E-state index < -0.39 is 5.82 Å². The highest BCUT2D eigenvalue weighted by atomic mass is 19.1. The monoisotopic (exact) mass is 467 g/mol. The van der Waals surface area contributed by atoms with Crippen LogP contribution in [0.1, 0.15) is 0 Å². The maximum atomic E-state index is 14.6. The van der Waals surface area contributed by atoms with Crippen LogP contribution in [0.25, 0.3) is 10.9 Å². The number of hydrogen-bond donors (Lipinski definition) is 5. The van der Waals surface area contributed by atoms with Gasteiger partial charge < -0.3 is 40.9 Å². The van der Waals surface area contributed by atoms with E-state index in [9.17, 15) is 4.39 Å². The molecule has 2 aromatic carbocycles. The lowest BCUT2D eigenvalue weighted by atomic mass is 10.2. The second-order valence-electron chi connectivity index (χ2n) is 7.20. The summed E-state index contributed by atoms with van der Waals surface area (Å²) in [5.74, 6) is 0.746. The van der Waals surface area contributed by atoms with E-state index in [2.05, 4.69) is 30.9 Å². The molecule has 178 valence electrons. The van der Waals surface area contributed by atoms with E-state index in [4.69, 9.17) is 19.9 Å². The Kier molecular flexibility index (Phi) is 6.83. The molecule has 0 aliphatic rings. The van der Waals surface area contributed by atoms with Crippen molar-refractivity contribution < 1.29 is 18.6 Å². The number of methoxy groups -OCH3 is 3. The zero-order chi connectivity index (χ0) is 24.1. The number of aromatic nitrogens is 3. The summed E-state index contributed by atoms with van der Waals surface area (Å²) in [4.78, 5) is 11.6. The van der Waals surface area contributed by atoms with Crippen molar-refractivity contribution in [3.8, 4) is 17.2 Å². The van der Waals surface area contributed by atoms with Gasteiger partial charge in [0.25, 0.3) is 0 Å². The van der Waals surface area contributed by atoms with Crippen molar-refractivity contribution in [2.75, 3.05) is 50.4 Å². The van der Waals surface area contributed by atoms with E-state index in [1.54, 1.807) is 12.1 Å². The van der Waals surface area contributed by atoms with E-state index in [0.29, 0.717) is 36.0 Å². The van der Waals surface area contributed by atoms with Gasteiger partial charge in [0.15, 0.2) is 23.1 Å². The molecular formula is C23H26FN7O3. The number of anilines is 5. The van der Waals surface area contributed by atoms with Crippen LogP contribution in [0.15, 0.2) is 42.7 Å². The van der Waals surface area contributed by atoms with Crippen molar-refractivity contribution in [2.45, 2.75) is 0 Å². The molecule has 10 nitrogen and oxygen atoms in total. The molecule has 0 unspecified atom stereocenters. The molecule has 2 aromatic heterocycles. The van der Waals surface area contributed by atoms with E-state index in [1.807, 2.05) is 24.4 Å². The molecule has 0 aliphatic carbocycles. The number of benzene rings is 2. The fourth-order valence-electron chi connectivity index (χ4n) is 3.55. The predicted octanol–water partition coefficient (Wildman–Crippen LogP) is 3.98. The van der Waals surface area contributed by atoms with Crippen LogP contribution >= 0.6 is 0 Å². The van der Waals surface area contributed by atoms with Crippen molar-refractivity contribution >= 4 is 39.7 Å². The third kappa shape index (κ3) is 4.59. The number of aromatic amines is 1. The average Bonchev–Trinajstić information content (AvgIpc) is 3.33. The molecule has 0 amide bonds. The number of H-pyrrole nitrogens is 1. The second kappa shape index (κ2) is 10.1. The van der Waals surface area contributed by atoms with E-state index >= 15 is 0 Å². The van der Waals surface area contributed by atoms with Gasteiger partial charge in [0.1, 0.15) is 0 Å². The van der Waals surface area contributed by atoms with Crippen LogP contribution in [-0.4, -0.2) is 49.4 Å². The molecule has 0 bridgehead atoms. The van der Waals surface area contributed by atoms with Crippen LogP contribution in [-0.2, 0) is 0 Å². The normalized spacial score (nSPS) is 10.7. The van der Waals surface area contributed by atoms with Crippen LogP contribution < -0.4 is 35.9 Å². The number of nitrogens with two attached hydrogens (primary N) is 1. The number of hydrogen-bond acceptors (Lipinski definition) is 9. The average molecular weight is 468 g/mol. The Hall–Kier alpha value is -4.25. The van der Waals surface area contributed by atoms with Crippen LogP contribution in [0.3, 0.4) is 0 Å². The Bertz CT molecular complexity index is 1300. The lowest BCUT2D eigenvalue weighted by molar-refractivity contribution is 0.325. The summed E-state index contributed by atoms with van der Waals surface area (Å²) >= 11 is 0. The number of nitrogens with zero attached hydrogens (tertiary/aromatic N) is 2. The van der Waals surface area contributed by atoms with Crippen molar-refractivity contribution in [2.24, 2.45) is 5.73 Å². The molecule has 0 saturated carbocycles. The first-order chi connectivity index (χ1) is 16.6. The van der Waals surface area contributed by atoms with E-state index in [0.717, 1.165) is 28.5 Å². The minimum Gasteiger partial charge on any atom is -0.493 e. The van der Waals surface area contributed by atoms with Gasteiger partial charge in [0.05, 0.1) is 38.9 Å². The molecule has 0 saturated heterocycles. The lowest BCUT2D eigenvalue weighted by Crippen LogP contribution is -2.13. The largest absolute Gasteiger partial charge is 0.493 e. The first-order valence-corrected chi connectivity index (χ1v) is 10.5. The first kappa shape index (κ1) is 22.9. The van der Waals surface area contributed by atoms with Gasteiger partial charge in [-0.3, -0.25) is 0 Å². The van der Waals surface area contributed by atoms with E-state index in [1.165, 1.54) is 21.3 Å². The molecule has 0 fully saturated rings. The Morgan fingerprint density at radius 2 is 1.82 bits per heavy atom. The highest BCUT2D eigenvalue weighted by Gasteiger charge is 2.18. The zero-order valence-corrected chi connectivity index (χ0v) is 19.0. The molecular weight excluding hydrogens is 441 g/mol. The second-order valence-corrected chi connectivity index (χ2v) is 7.20. The number of nitrogens with one attached hydrogen (secondary N) is 4. The molecule has 4 rings (SSSR count). The summed E-state index contributed by atoms with van der Waals surface area (Å²) in [6.45, 7) is 1.13. The lowest BCUT2D eigenvalue weighted by Gasteiger charge is -2.17. The van der Waals surface area contributed by atoms with Gasteiger partial charge in [-0.15, -0.1) is 0 Å². The van der Waals surface area contributed by atoms with Crippen molar-refractivity contribution in [1.82, 2.24) is 15.0 Å². The Balaban J connectivity index is 1.66. The van der Waals surface area contributed by atoms with Gasteiger partial charge in [-0.1, -0.05) is 0 Å². The zero-order valence-electron chi connectivity index (χ0n) is 19.0. The Labute approximate surface area is 195 Å². The standard InChI is InChI=1S/C23H26FN7O3/c1-32-19-5-4-16(20(33-2)21(19)34-3)29-22-15(24)12-28-23(31-22)30-18-11-13(26-9-7-25)10-17-14(18)6-8-27-17/h4-6,8,10-12,26-27H,7,9,25H2,1-3H3,(H2,28,29,30,31). The van der Waals surface area contributed by atoms with Crippen molar-refractivity contribution in [3.05, 3.63) is 48.5 Å². The van der Waals surface area contributed by atoms with Gasteiger partial charge in [0, 0.05) is 35.9 Å². The summed E-state index contributed by atoms with van der Waals surface area (Å²) in [6, 6.07) is 9.21. The fourth-order valence-corrected chi connectivity index (χ4v) is 3.55. The SMILES string of the molecule is COc1ccc(Nc2nc(Nc3cc(NCCN)cc4[nH]ccc34)ncc2F)c(OC)c1OC. The smallest absolute Gasteiger partial charge is 0.229 e. The Morgan fingerprint density at radius 1 is 1.00 bits per heavy atom. The predicted molar refractivity (Wildman–Crippen MR) is 130 cm³/mol. The van der Waals surface area contributed by atoms with Gasteiger partial charge in [0.2, 0.25) is 11.7 Å². The molecule has 34 heavy (non-hydrogen) atoms. The topological polar surface area (TPSA) is 131 Å². The minimum atomic E-state index is -0.632. The molecule has 6 N–H and O–H groups in total. The Morgan fingerprint density at radius 3 is 2.56 bits per heavy atom. The van der Waals surface area contributed by atoms with Crippen LogP contribution in [0.2, 0.25) is 0 Å². The quantitative estimate of drug-likeness (QED) is 0.235. The summed E-state index contributed by atoms with van der Waals surface area (Å²) in [5.41, 5.74) is 8.60. The highest BCUT2D eigenvalue weighted by Crippen LogP contribution is 2.43. The third-order valence-electron chi connectivity index (χ3n) is 5.09.